The number of imidazole rings is 1. The number of pyridine rings is 1. The van der Waals surface area contributed by atoms with Crippen LogP contribution in [-0.2, 0) is 12.8 Å². The number of hydrogen-bond donors (Lipinski definition) is 2. The van der Waals surface area contributed by atoms with Gasteiger partial charge in [-0.15, -0.1) is 11.3 Å². The Kier molecular flexibility index (Phi) is 6.22. The molecular weight excluding hydrogens is 344 g/mol. The maximum atomic E-state index is 4.71. The summed E-state index contributed by atoms with van der Waals surface area (Å²) in [5.74, 6) is 0.847. The Morgan fingerprint density at radius 3 is 2.81 bits per heavy atom. The number of fused-ring (bicyclic) bond motifs is 1. The first-order chi connectivity index (χ1) is 12.7. The van der Waals surface area contributed by atoms with E-state index in [0.29, 0.717) is 6.54 Å². The van der Waals surface area contributed by atoms with Gasteiger partial charge in [-0.05, 0) is 32.4 Å². The van der Waals surface area contributed by atoms with Crippen molar-refractivity contribution in [2.45, 2.75) is 33.6 Å². The molecule has 6 nitrogen and oxygen atoms in total. The first-order valence-corrected chi connectivity index (χ1v) is 9.90. The second-order valence-corrected chi connectivity index (χ2v) is 7.26. The number of nitrogens with one attached hydrogen (secondary N) is 2. The Morgan fingerprint density at radius 1 is 1.19 bits per heavy atom. The highest BCUT2D eigenvalue weighted by Crippen LogP contribution is 2.10. The molecule has 3 aromatic heterocycles. The van der Waals surface area contributed by atoms with Gasteiger partial charge >= 0.3 is 0 Å². The molecule has 0 saturated heterocycles. The molecule has 0 unspecified atom stereocenters. The molecular formula is C19H26N6S. The van der Waals surface area contributed by atoms with E-state index in [1.807, 2.05) is 19.2 Å². The van der Waals surface area contributed by atoms with Gasteiger partial charge in [-0.2, -0.15) is 0 Å². The van der Waals surface area contributed by atoms with Gasteiger partial charge < -0.3 is 15.0 Å². The second-order valence-electron chi connectivity index (χ2n) is 6.20. The predicted octanol–water partition coefficient (Wildman–Crippen LogP) is 2.75. The SMILES string of the molecule is CCNC(=NCCc1cn2cccc(C)c2n1)NCCc1csc(C)n1. The van der Waals surface area contributed by atoms with E-state index in [1.54, 1.807) is 11.3 Å². The fraction of sp³-hybridized carbons (Fsp3) is 0.421. The van der Waals surface area contributed by atoms with Gasteiger partial charge in [0, 0.05) is 50.2 Å². The van der Waals surface area contributed by atoms with Crippen molar-refractivity contribution in [2.75, 3.05) is 19.6 Å². The van der Waals surface area contributed by atoms with Crippen LogP contribution in [0.3, 0.4) is 0 Å². The maximum Gasteiger partial charge on any atom is 0.191 e. The van der Waals surface area contributed by atoms with Crippen molar-refractivity contribution in [2.24, 2.45) is 4.99 Å². The third-order valence-electron chi connectivity index (χ3n) is 4.05. The van der Waals surface area contributed by atoms with Crippen LogP contribution >= 0.6 is 11.3 Å². The van der Waals surface area contributed by atoms with Gasteiger partial charge in [0.25, 0.3) is 0 Å². The Balaban J connectivity index is 1.53. The van der Waals surface area contributed by atoms with Crippen molar-refractivity contribution in [1.82, 2.24) is 25.0 Å². The van der Waals surface area contributed by atoms with Crippen LogP contribution in [-0.4, -0.2) is 40.0 Å². The van der Waals surface area contributed by atoms with E-state index in [4.69, 9.17) is 4.98 Å². The molecule has 26 heavy (non-hydrogen) atoms. The number of nitrogens with zero attached hydrogens (tertiary/aromatic N) is 4. The van der Waals surface area contributed by atoms with E-state index in [9.17, 15) is 0 Å². The molecule has 0 fully saturated rings. The van der Waals surface area contributed by atoms with Gasteiger partial charge in [-0.3, -0.25) is 4.99 Å². The summed E-state index contributed by atoms with van der Waals surface area (Å²) in [6.45, 7) is 8.56. The quantitative estimate of drug-likeness (QED) is 0.496. The normalized spacial score (nSPS) is 11.9. The van der Waals surface area contributed by atoms with E-state index in [1.165, 1.54) is 5.56 Å². The van der Waals surface area contributed by atoms with Crippen molar-refractivity contribution in [3.05, 3.63) is 51.9 Å². The molecule has 3 rings (SSSR count). The molecule has 0 aromatic carbocycles. The standard InChI is InChI=1S/C19H26N6S/c1-4-20-19(22-10-8-17-13-26-15(3)23-17)21-9-7-16-12-25-11-5-6-14(2)18(25)24-16/h5-6,11-13H,4,7-10H2,1-3H3,(H2,20,21,22). The molecule has 0 amide bonds. The van der Waals surface area contributed by atoms with Crippen molar-refractivity contribution in [3.63, 3.8) is 0 Å². The minimum absolute atomic E-state index is 0.702. The van der Waals surface area contributed by atoms with Crippen molar-refractivity contribution < 1.29 is 0 Å². The molecule has 0 atom stereocenters. The third-order valence-corrected chi connectivity index (χ3v) is 4.87. The largest absolute Gasteiger partial charge is 0.357 e. The highest BCUT2D eigenvalue weighted by atomic mass is 32.1. The maximum absolute atomic E-state index is 4.71. The zero-order chi connectivity index (χ0) is 18.4. The van der Waals surface area contributed by atoms with E-state index >= 15 is 0 Å². The zero-order valence-electron chi connectivity index (χ0n) is 15.6. The van der Waals surface area contributed by atoms with Crippen LogP contribution in [0.1, 0.15) is 28.9 Å². The molecule has 0 radical (unpaired) electrons. The first kappa shape index (κ1) is 18.4. The van der Waals surface area contributed by atoms with E-state index < -0.39 is 0 Å². The van der Waals surface area contributed by atoms with Crippen LogP contribution in [0.5, 0.6) is 0 Å². The second kappa shape index (κ2) is 8.80. The number of rotatable bonds is 7. The lowest BCUT2D eigenvalue weighted by Gasteiger charge is -2.10. The zero-order valence-corrected chi connectivity index (χ0v) is 16.4. The van der Waals surface area contributed by atoms with Crippen molar-refractivity contribution >= 4 is 22.9 Å². The summed E-state index contributed by atoms with van der Waals surface area (Å²) in [7, 11) is 0. The van der Waals surface area contributed by atoms with E-state index in [0.717, 1.165) is 53.9 Å². The number of aromatic nitrogens is 3. The van der Waals surface area contributed by atoms with Crippen LogP contribution in [0.25, 0.3) is 5.65 Å². The average molecular weight is 371 g/mol. The monoisotopic (exact) mass is 370 g/mol. The highest BCUT2D eigenvalue weighted by Gasteiger charge is 2.04. The summed E-state index contributed by atoms with van der Waals surface area (Å²) in [5.41, 5.74) is 4.41. The molecule has 0 bridgehead atoms. The fourth-order valence-electron chi connectivity index (χ4n) is 2.78. The molecule has 7 heteroatoms. The molecule has 138 valence electrons. The first-order valence-electron chi connectivity index (χ1n) is 9.02. The number of hydrogen-bond acceptors (Lipinski definition) is 4. The summed E-state index contributed by atoms with van der Waals surface area (Å²) < 4.78 is 2.08. The van der Waals surface area contributed by atoms with Crippen molar-refractivity contribution in [1.29, 1.82) is 0 Å². The number of guanidine groups is 1. The van der Waals surface area contributed by atoms with Gasteiger partial charge in [0.05, 0.1) is 16.4 Å². The predicted molar refractivity (Wildman–Crippen MR) is 108 cm³/mol. The number of aryl methyl sites for hydroxylation is 2. The summed E-state index contributed by atoms with van der Waals surface area (Å²) in [6, 6.07) is 4.13. The molecule has 3 aromatic rings. The van der Waals surface area contributed by atoms with Gasteiger partial charge in [0.2, 0.25) is 0 Å². The molecule has 0 aliphatic carbocycles. The van der Waals surface area contributed by atoms with Crippen LogP contribution in [0.2, 0.25) is 0 Å². The molecule has 0 spiro atoms. The molecule has 3 heterocycles. The summed E-state index contributed by atoms with van der Waals surface area (Å²) in [6.07, 6.45) is 5.85. The number of thiazole rings is 1. The summed E-state index contributed by atoms with van der Waals surface area (Å²) >= 11 is 1.69. The Bertz CT molecular complexity index is 879. The van der Waals surface area contributed by atoms with E-state index in [2.05, 4.69) is 56.5 Å². The van der Waals surface area contributed by atoms with Gasteiger partial charge in [-0.25, -0.2) is 9.97 Å². The minimum atomic E-state index is 0.702. The molecule has 0 saturated carbocycles. The van der Waals surface area contributed by atoms with Crippen LogP contribution in [0.15, 0.2) is 34.9 Å². The molecule has 0 aliphatic heterocycles. The topological polar surface area (TPSA) is 66.6 Å². The lowest BCUT2D eigenvalue weighted by Crippen LogP contribution is -2.38. The lowest BCUT2D eigenvalue weighted by atomic mass is 10.3. The third kappa shape index (κ3) is 4.82. The smallest absolute Gasteiger partial charge is 0.191 e. The number of aliphatic imine (C=N–C) groups is 1. The highest BCUT2D eigenvalue weighted by molar-refractivity contribution is 7.09. The van der Waals surface area contributed by atoms with Gasteiger partial charge in [-0.1, -0.05) is 6.07 Å². The van der Waals surface area contributed by atoms with Crippen LogP contribution in [0.4, 0.5) is 0 Å². The van der Waals surface area contributed by atoms with Gasteiger partial charge in [0.1, 0.15) is 5.65 Å². The van der Waals surface area contributed by atoms with Gasteiger partial charge in [0.15, 0.2) is 5.96 Å². The van der Waals surface area contributed by atoms with Crippen LogP contribution < -0.4 is 10.6 Å². The van der Waals surface area contributed by atoms with Crippen molar-refractivity contribution in [3.8, 4) is 0 Å². The van der Waals surface area contributed by atoms with E-state index in [-0.39, 0.29) is 0 Å². The summed E-state index contributed by atoms with van der Waals surface area (Å²) in [5, 5.41) is 9.90. The fourth-order valence-corrected chi connectivity index (χ4v) is 3.43. The average Bonchev–Trinajstić information content (AvgIpc) is 3.22. The molecule has 0 aliphatic rings. The Morgan fingerprint density at radius 2 is 2.08 bits per heavy atom. The van der Waals surface area contributed by atoms with Crippen LogP contribution in [0, 0.1) is 13.8 Å². The lowest BCUT2D eigenvalue weighted by molar-refractivity contribution is 0.786. The summed E-state index contributed by atoms with van der Waals surface area (Å²) in [4.78, 5) is 13.9. The molecule has 2 N–H and O–H groups in total. The Labute approximate surface area is 158 Å². The minimum Gasteiger partial charge on any atom is -0.357 e. The Hall–Kier alpha value is -2.41.